The van der Waals surface area contributed by atoms with Crippen molar-refractivity contribution in [2.24, 2.45) is 28.6 Å². The van der Waals surface area contributed by atoms with E-state index in [1.165, 1.54) is 0 Å². The van der Waals surface area contributed by atoms with Gasteiger partial charge < -0.3 is 14.6 Å². The summed E-state index contributed by atoms with van der Waals surface area (Å²) in [6.45, 7) is 7.69. The third-order valence-corrected chi connectivity index (χ3v) is 9.66. The standard InChI is InChI=1S/C23H34O4/c1-15(24)23(25)9-7-19-17-5-4-16-14-22(26-12-13-27-22)11-10-20(16,2)18(17)6-8-21(19,23)3/h4,17-19,25H,5-14H2,1-3H3/t17-,18-,19-,20+,21+,23+/m1/s1. The molecule has 1 spiro atoms. The summed E-state index contributed by atoms with van der Waals surface area (Å²) in [6.07, 6.45) is 10.3. The Morgan fingerprint density at radius 1 is 1.07 bits per heavy atom. The molecule has 0 bridgehead atoms. The largest absolute Gasteiger partial charge is 0.382 e. The number of hydrogen-bond donors (Lipinski definition) is 1. The number of Topliss-reactive ketones (excluding diaryl/α,β-unsaturated/α-hetero) is 1. The monoisotopic (exact) mass is 374 g/mol. The Morgan fingerprint density at radius 2 is 1.78 bits per heavy atom. The maximum atomic E-state index is 12.3. The fourth-order valence-corrected chi connectivity index (χ4v) is 7.94. The van der Waals surface area contributed by atoms with Crippen LogP contribution in [0.25, 0.3) is 0 Å². The van der Waals surface area contributed by atoms with Crippen LogP contribution in [-0.4, -0.2) is 35.5 Å². The van der Waals surface area contributed by atoms with Crippen molar-refractivity contribution >= 4 is 5.78 Å². The van der Waals surface area contributed by atoms with Crippen LogP contribution in [0.2, 0.25) is 0 Å². The highest BCUT2D eigenvalue weighted by molar-refractivity contribution is 5.86. The first-order valence-electron chi connectivity index (χ1n) is 11.0. The lowest BCUT2D eigenvalue weighted by Crippen LogP contribution is -2.57. The van der Waals surface area contributed by atoms with Gasteiger partial charge in [-0.05, 0) is 68.6 Å². The maximum absolute atomic E-state index is 12.3. The lowest BCUT2D eigenvalue weighted by Gasteiger charge is -2.59. The topological polar surface area (TPSA) is 55.8 Å². The molecule has 0 aromatic heterocycles. The van der Waals surface area contributed by atoms with E-state index in [9.17, 15) is 9.90 Å². The van der Waals surface area contributed by atoms with Gasteiger partial charge in [-0.1, -0.05) is 25.5 Å². The third-order valence-electron chi connectivity index (χ3n) is 9.66. The number of carbonyl (C=O) groups is 1. The number of carbonyl (C=O) groups excluding carboxylic acids is 1. The third kappa shape index (κ3) is 2.24. The fraction of sp³-hybridized carbons (Fsp3) is 0.870. The predicted octanol–water partition coefficient (Wildman–Crippen LogP) is 4.01. The van der Waals surface area contributed by atoms with Crippen LogP contribution in [0.4, 0.5) is 0 Å². The Kier molecular flexibility index (Phi) is 3.85. The van der Waals surface area contributed by atoms with Gasteiger partial charge in [0.2, 0.25) is 0 Å². The zero-order valence-electron chi connectivity index (χ0n) is 17.1. The Morgan fingerprint density at radius 3 is 2.48 bits per heavy atom. The summed E-state index contributed by atoms with van der Waals surface area (Å²) in [4.78, 5) is 12.3. The summed E-state index contributed by atoms with van der Waals surface area (Å²) >= 11 is 0. The summed E-state index contributed by atoms with van der Waals surface area (Å²) in [7, 11) is 0. The summed E-state index contributed by atoms with van der Waals surface area (Å²) in [5, 5.41) is 11.3. The first-order valence-corrected chi connectivity index (χ1v) is 11.0. The minimum Gasteiger partial charge on any atom is -0.382 e. The molecule has 3 saturated carbocycles. The molecule has 0 amide bonds. The van der Waals surface area contributed by atoms with Crippen molar-refractivity contribution in [1.82, 2.24) is 0 Å². The van der Waals surface area contributed by atoms with E-state index < -0.39 is 5.60 Å². The highest BCUT2D eigenvalue weighted by Crippen LogP contribution is 2.68. The molecule has 1 saturated heterocycles. The number of hydrogen-bond acceptors (Lipinski definition) is 4. The molecule has 1 N–H and O–H groups in total. The average Bonchev–Trinajstić information content (AvgIpc) is 3.19. The normalized spacial score (nSPS) is 50.7. The number of ketones is 1. The molecule has 4 aliphatic carbocycles. The van der Waals surface area contributed by atoms with E-state index in [4.69, 9.17) is 9.47 Å². The molecule has 4 fully saturated rings. The van der Waals surface area contributed by atoms with E-state index in [-0.39, 0.29) is 22.4 Å². The first-order chi connectivity index (χ1) is 12.7. The van der Waals surface area contributed by atoms with Crippen molar-refractivity contribution in [2.45, 2.75) is 83.5 Å². The average molecular weight is 375 g/mol. The van der Waals surface area contributed by atoms with Gasteiger partial charge in [0.25, 0.3) is 0 Å². The van der Waals surface area contributed by atoms with Crippen molar-refractivity contribution in [3.05, 3.63) is 11.6 Å². The van der Waals surface area contributed by atoms with Gasteiger partial charge in [0.15, 0.2) is 11.6 Å². The van der Waals surface area contributed by atoms with Gasteiger partial charge in [-0.3, -0.25) is 4.79 Å². The van der Waals surface area contributed by atoms with Gasteiger partial charge in [0.1, 0.15) is 5.60 Å². The second kappa shape index (κ2) is 5.67. The van der Waals surface area contributed by atoms with E-state index in [0.29, 0.717) is 24.2 Å². The minimum absolute atomic E-state index is 0.0284. The minimum atomic E-state index is -1.12. The van der Waals surface area contributed by atoms with Crippen LogP contribution in [0.1, 0.15) is 72.1 Å². The molecule has 4 nitrogen and oxygen atoms in total. The molecule has 0 unspecified atom stereocenters. The molecular formula is C23H34O4. The van der Waals surface area contributed by atoms with Crippen molar-refractivity contribution in [3.8, 4) is 0 Å². The maximum Gasteiger partial charge on any atom is 0.172 e. The van der Waals surface area contributed by atoms with Crippen molar-refractivity contribution < 1.29 is 19.4 Å². The number of ether oxygens (including phenoxy) is 2. The first kappa shape index (κ1) is 18.3. The molecule has 27 heavy (non-hydrogen) atoms. The second-order valence-electron chi connectivity index (χ2n) is 10.5. The van der Waals surface area contributed by atoms with Gasteiger partial charge >= 0.3 is 0 Å². The highest BCUT2D eigenvalue weighted by atomic mass is 16.7. The highest BCUT2D eigenvalue weighted by Gasteiger charge is 2.65. The van der Waals surface area contributed by atoms with Gasteiger partial charge in [0.05, 0.1) is 13.2 Å². The molecule has 6 atom stereocenters. The molecule has 4 heteroatoms. The van der Waals surface area contributed by atoms with Crippen LogP contribution in [0.5, 0.6) is 0 Å². The van der Waals surface area contributed by atoms with E-state index in [2.05, 4.69) is 19.9 Å². The Labute approximate surface area is 162 Å². The molecular weight excluding hydrogens is 340 g/mol. The number of allylic oxidation sites excluding steroid dienone is 1. The summed E-state index contributed by atoms with van der Waals surface area (Å²) in [6, 6.07) is 0. The fourth-order valence-electron chi connectivity index (χ4n) is 7.94. The Balaban J connectivity index is 1.46. The van der Waals surface area contributed by atoms with Crippen molar-refractivity contribution in [2.75, 3.05) is 13.2 Å². The molecule has 5 rings (SSSR count). The number of fused-ring (bicyclic) bond motifs is 5. The lowest BCUT2D eigenvalue weighted by molar-refractivity contribution is -0.188. The molecule has 0 aromatic carbocycles. The Bertz CT molecular complexity index is 692. The smallest absolute Gasteiger partial charge is 0.172 e. The van der Waals surface area contributed by atoms with Crippen molar-refractivity contribution in [3.63, 3.8) is 0 Å². The molecule has 1 heterocycles. The summed E-state index contributed by atoms with van der Waals surface area (Å²) in [5.41, 5.74) is 0.396. The van der Waals surface area contributed by atoms with Gasteiger partial charge in [0, 0.05) is 18.3 Å². The SMILES string of the molecule is CC(=O)[C@@]1(O)CC[C@@H]2[C@@H]3CC=C4CC5(CC[C@]4(C)[C@@H]3CC[C@@]21C)OCCO5. The van der Waals surface area contributed by atoms with Crippen LogP contribution >= 0.6 is 0 Å². The van der Waals surface area contributed by atoms with Gasteiger partial charge in [-0.2, -0.15) is 0 Å². The van der Waals surface area contributed by atoms with E-state index >= 15 is 0 Å². The van der Waals surface area contributed by atoms with Crippen LogP contribution in [-0.2, 0) is 14.3 Å². The van der Waals surface area contributed by atoms with E-state index in [0.717, 1.165) is 58.2 Å². The number of aliphatic hydroxyl groups is 1. The Hall–Kier alpha value is -0.710. The molecule has 5 aliphatic rings. The van der Waals surface area contributed by atoms with Crippen LogP contribution in [0.3, 0.4) is 0 Å². The quantitative estimate of drug-likeness (QED) is 0.705. The van der Waals surface area contributed by atoms with Crippen molar-refractivity contribution in [1.29, 1.82) is 0 Å². The molecule has 0 aromatic rings. The van der Waals surface area contributed by atoms with Crippen LogP contribution < -0.4 is 0 Å². The van der Waals surface area contributed by atoms with Crippen LogP contribution in [0.15, 0.2) is 11.6 Å². The lowest BCUT2D eigenvalue weighted by atomic mass is 9.46. The molecule has 1 aliphatic heterocycles. The van der Waals surface area contributed by atoms with E-state index in [1.807, 2.05) is 0 Å². The molecule has 150 valence electrons. The second-order valence-corrected chi connectivity index (χ2v) is 10.5. The van der Waals surface area contributed by atoms with E-state index in [1.54, 1.807) is 12.5 Å². The predicted molar refractivity (Wildman–Crippen MR) is 102 cm³/mol. The zero-order valence-corrected chi connectivity index (χ0v) is 17.1. The summed E-state index contributed by atoms with van der Waals surface area (Å²) < 4.78 is 12.0. The van der Waals surface area contributed by atoms with Gasteiger partial charge in [-0.15, -0.1) is 0 Å². The molecule has 0 radical (unpaired) electrons. The number of rotatable bonds is 1. The summed E-state index contributed by atoms with van der Waals surface area (Å²) in [5.74, 6) is 1.31. The van der Waals surface area contributed by atoms with Crippen LogP contribution in [0, 0.1) is 28.6 Å². The zero-order chi connectivity index (χ0) is 19.1. The van der Waals surface area contributed by atoms with Gasteiger partial charge in [-0.25, -0.2) is 0 Å².